The lowest BCUT2D eigenvalue weighted by atomic mass is 9.93. The van der Waals surface area contributed by atoms with Gasteiger partial charge in [-0.2, -0.15) is 0 Å². The zero-order valence-electron chi connectivity index (χ0n) is 9.38. The summed E-state index contributed by atoms with van der Waals surface area (Å²) in [5, 5.41) is 0. The molecular formula is C11H25NO. The van der Waals surface area contributed by atoms with Gasteiger partial charge in [0.25, 0.3) is 0 Å². The molecule has 0 aromatic heterocycles. The summed E-state index contributed by atoms with van der Waals surface area (Å²) in [6.45, 7) is 9.10. The predicted molar refractivity (Wildman–Crippen MR) is 57.7 cm³/mol. The van der Waals surface area contributed by atoms with Gasteiger partial charge in [-0.05, 0) is 44.6 Å². The van der Waals surface area contributed by atoms with E-state index in [2.05, 4.69) is 13.8 Å². The minimum absolute atomic E-state index is 0.695. The Balaban J connectivity index is 3.36. The highest BCUT2D eigenvalue weighted by Crippen LogP contribution is 2.15. The van der Waals surface area contributed by atoms with Gasteiger partial charge in [-0.3, -0.25) is 0 Å². The molecule has 13 heavy (non-hydrogen) atoms. The van der Waals surface area contributed by atoms with E-state index in [1.54, 1.807) is 0 Å². The molecule has 1 atom stereocenters. The van der Waals surface area contributed by atoms with Crippen LogP contribution in [0.3, 0.4) is 0 Å². The zero-order chi connectivity index (χ0) is 10.1. The smallest absolute Gasteiger partial charge is 0.0466 e. The third-order valence-corrected chi connectivity index (χ3v) is 2.24. The Hall–Kier alpha value is -0.0800. The molecule has 0 aliphatic carbocycles. The molecule has 0 aromatic rings. The Morgan fingerprint density at radius 3 is 2.46 bits per heavy atom. The van der Waals surface area contributed by atoms with Crippen molar-refractivity contribution in [2.45, 2.75) is 40.0 Å². The maximum Gasteiger partial charge on any atom is 0.0466 e. The molecule has 0 saturated heterocycles. The summed E-state index contributed by atoms with van der Waals surface area (Å²) in [4.78, 5) is 0. The van der Waals surface area contributed by atoms with Crippen LogP contribution >= 0.6 is 0 Å². The van der Waals surface area contributed by atoms with E-state index < -0.39 is 0 Å². The van der Waals surface area contributed by atoms with Crippen LogP contribution in [0.4, 0.5) is 0 Å². The Labute approximate surface area is 82.8 Å². The Kier molecular flexibility index (Phi) is 8.46. The SMILES string of the molecule is CCOCCCC(CN)CC(C)C. The molecule has 80 valence electrons. The standard InChI is InChI=1S/C11H25NO/c1-4-13-7-5-6-11(9-12)8-10(2)3/h10-11H,4-9,12H2,1-3H3. The van der Waals surface area contributed by atoms with Crippen molar-refractivity contribution in [3.63, 3.8) is 0 Å². The number of rotatable bonds is 8. The highest BCUT2D eigenvalue weighted by Gasteiger charge is 2.08. The highest BCUT2D eigenvalue weighted by molar-refractivity contribution is 4.62. The molecule has 0 amide bonds. The Bertz CT molecular complexity index is 104. The van der Waals surface area contributed by atoms with E-state index in [1.165, 1.54) is 12.8 Å². The summed E-state index contributed by atoms with van der Waals surface area (Å²) in [6, 6.07) is 0. The van der Waals surface area contributed by atoms with E-state index in [9.17, 15) is 0 Å². The number of hydrogen-bond acceptors (Lipinski definition) is 2. The first-order valence-electron chi connectivity index (χ1n) is 5.48. The summed E-state index contributed by atoms with van der Waals surface area (Å²) in [5.74, 6) is 1.46. The van der Waals surface area contributed by atoms with Gasteiger partial charge >= 0.3 is 0 Å². The summed E-state index contributed by atoms with van der Waals surface area (Å²) in [7, 11) is 0. The first-order valence-corrected chi connectivity index (χ1v) is 5.48. The molecule has 2 N–H and O–H groups in total. The molecule has 0 saturated carbocycles. The lowest BCUT2D eigenvalue weighted by Gasteiger charge is -2.16. The van der Waals surface area contributed by atoms with Gasteiger partial charge in [0.2, 0.25) is 0 Å². The number of hydrogen-bond donors (Lipinski definition) is 1. The Morgan fingerprint density at radius 1 is 1.31 bits per heavy atom. The first kappa shape index (κ1) is 12.9. The maximum atomic E-state index is 5.69. The molecule has 0 rings (SSSR count). The van der Waals surface area contributed by atoms with Crippen LogP contribution in [-0.2, 0) is 4.74 Å². The van der Waals surface area contributed by atoms with Gasteiger partial charge in [0.15, 0.2) is 0 Å². The van der Waals surface area contributed by atoms with Crippen molar-refractivity contribution in [2.24, 2.45) is 17.6 Å². The number of nitrogens with two attached hydrogens (primary N) is 1. The van der Waals surface area contributed by atoms with Crippen LogP contribution in [-0.4, -0.2) is 19.8 Å². The third-order valence-electron chi connectivity index (χ3n) is 2.24. The molecule has 0 radical (unpaired) electrons. The molecule has 2 nitrogen and oxygen atoms in total. The molecule has 0 aliphatic heterocycles. The van der Waals surface area contributed by atoms with Gasteiger partial charge in [-0.1, -0.05) is 13.8 Å². The largest absolute Gasteiger partial charge is 0.382 e. The van der Waals surface area contributed by atoms with E-state index in [0.29, 0.717) is 5.92 Å². The molecule has 1 unspecified atom stereocenters. The average Bonchev–Trinajstić information content (AvgIpc) is 2.09. The van der Waals surface area contributed by atoms with Crippen molar-refractivity contribution in [1.82, 2.24) is 0 Å². The van der Waals surface area contributed by atoms with Crippen molar-refractivity contribution in [3.05, 3.63) is 0 Å². The summed E-state index contributed by atoms with van der Waals surface area (Å²) >= 11 is 0. The normalized spacial score (nSPS) is 13.6. The first-order chi connectivity index (χ1) is 6.20. The van der Waals surface area contributed by atoms with Crippen molar-refractivity contribution in [1.29, 1.82) is 0 Å². The van der Waals surface area contributed by atoms with E-state index in [4.69, 9.17) is 10.5 Å². The monoisotopic (exact) mass is 187 g/mol. The fourth-order valence-electron chi connectivity index (χ4n) is 1.62. The molecule has 0 aliphatic rings. The maximum absolute atomic E-state index is 5.69. The summed E-state index contributed by atoms with van der Waals surface area (Å²) < 4.78 is 5.29. The second kappa shape index (κ2) is 8.52. The fourth-order valence-corrected chi connectivity index (χ4v) is 1.62. The molecule has 2 heteroatoms. The van der Waals surface area contributed by atoms with Gasteiger partial charge in [0, 0.05) is 13.2 Å². The van der Waals surface area contributed by atoms with Crippen LogP contribution in [0.2, 0.25) is 0 Å². The topological polar surface area (TPSA) is 35.2 Å². The van der Waals surface area contributed by atoms with Gasteiger partial charge in [0.05, 0.1) is 0 Å². The molecule has 0 bridgehead atoms. The molecule has 0 fully saturated rings. The third kappa shape index (κ3) is 8.26. The average molecular weight is 187 g/mol. The summed E-state index contributed by atoms with van der Waals surface area (Å²) in [5.41, 5.74) is 5.69. The van der Waals surface area contributed by atoms with Crippen LogP contribution in [0.25, 0.3) is 0 Å². The van der Waals surface area contributed by atoms with E-state index in [-0.39, 0.29) is 0 Å². The van der Waals surface area contributed by atoms with Gasteiger partial charge in [-0.15, -0.1) is 0 Å². The second-order valence-electron chi connectivity index (χ2n) is 4.07. The molecule has 0 heterocycles. The molecule has 0 spiro atoms. The predicted octanol–water partition coefficient (Wildman–Crippen LogP) is 2.42. The van der Waals surface area contributed by atoms with E-state index in [0.717, 1.165) is 32.1 Å². The van der Waals surface area contributed by atoms with Crippen molar-refractivity contribution in [2.75, 3.05) is 19.8 Å². The Morgan fingerprint density at radius 2 is 2.00 bits per heavy atom. The quantitative estimate of drug-likeness (QED) is 0.592. The van der Waals surface area contributed by atoms with Crippen LogP contribution in [0.1, 0.15) is 40.0 Å². The van der Waals surface area contributed by atoms with Crippen LogP contribution in [0, 0.1) is 11.8 Å². The van der Waals surface area contributed by atoms with Gasteiger partial charge < -0.3 is 10.5 Å². The lowest BCUT2D eigenvalue weighted by molar-refractivity contribution is 0.138. The van der Waals surface area contributed by atoms with Crippen LogP contribution in [0.5, 0.6) is 0 Å². The number of ether oxygens (including phenoxy) is 1. The molecular weight excluding hydrogens is 162 g/mol. The van der Waals surface area contributed by atoms with Crippen molar-refractivity contribution in [3.8, 4) is 0 Å². The van der Waals surface area contributed by atoms with Gasteiger partial charge in [-0.25, -0.2) is 0 Å². The second-order valence-corrected chi connectivity index (χ2v) is 4.07. The summed E-state index contributed by atoms with van der Waals surface area (Å²) in [6.07, 6.45) is 3.62. The zero-order valence-corrected chi connectivity index (χ0v) is 9.38. The van der Waals surface area contributed by atoms with Crippen molar-refractivity contribution >= 4 is 0 Å². The van der Waals surface area contributed by atoms with Crippen LogP contribution in [0.15, 0.2) is 0 Å². The fraction of sp³-hybridized carbons (Fsp3) is 1.00. The lowest BCUT2D eigenvalue weighted by Crippen LogP contribution is -2.17. The minimum atomic E-state index is 0.695. The highest BCUT2D eigenvalue weighted by atomic mass is 16.5. The van der Waals surface area contributed by atoms with E-state index >= 15 is 0 Å². The van der Waals surface area contributed by atoms with Gasteiger partial charge in [0.1, 0.15) is 0 Å². The van der Waals surface area contributed by atoms with E-state index in [1.807, 2.05) is 6.92 Å². The minimum Gasteiger partial charge on any atom is -0.382 e. The van der Waals surface area contributed by atoms with Crippen molar-refractivity contribution < 1.29 is 4.74 Å². The molecule has 0 aromatic carbocycles. The van der Waals surface area contributed by atoms with Crippen LogP contribution < -0.4 is 5.73 Å².